The zero-order valence-electron chi connectivity index (χ0n) is 17.1. The maximum absolute atomic E-state index is 13.1. The lowest BCUT2D eigenvalue weighted by Gasteiger charge is -2.37. The second-order valence-corrected chi connectivity index (χ2v) is 8.71. The van der Waals surface area contributed by atoms with Crippen LogP contribution in [0.25, 0.3) is 0 Å². The number of likely N-dealkylation sites (tertiary alicyclic amines) is 1. The van der Waals surface area contributed by atoms with Crippen LogP contribution in [0.5, 0.6) is 0 Å². The van der Waals surface area contributed by atoms with Crippen LogP contribution >= 0.6 is 0 Å². The van der Waals surface area contributed by atoms with E-state index in [-0.39, 0.29) is 29.4 Å². The molecule has 1 aromatic rings. The van der Waals surface area contributed by atoms with E-state index in [0.717, 1.165) is 75.1 Å². The van der Waals surface area contributed by atoms with E-state index in [1.807, 2.05) is 11.9 Å². The van der Waals surface area contributed by atoms with Gasteiger partial charge >= 0.3 is 0 Å². The fourth-order valence-corrected chi connectivity index (χ4v) is 5.01. The van der Waals surface area contributed by atoms with Gasteiger partial charge in [0.05, 0.1) is 17.4 Å². The van der Waals surface area contributed by atoms with Crippen molar-refractivity contribution in [2.75, 3.05) is 33.8 Å². The first kappa shape index (κ1) is 19.6. The zero-order valence-corrected chi connectivity index (χ0v) is 17.1. The Morgan fingerprint density at radius 3 is 2.89 bits per heavy atom. The number of H-pyrrole nitrogens is 1. The van der Waals surface area contributed by atoms with Crippen molar-refractivity contribution in [3.05, 3.63) is 27.4 Å². The SMILES string of the molecule is CO[C@@H]1CCC[C@H](C(=O)N2CCC[C@@H](c3nc4c(c(=O)[nH]3)CN(C)CC4)C2)C1. The fraction of sp³-hybridized carbons (Fsp3) is 0.762. The third kappa shape index (κ3) is 4.01. The Morgan fingerprint density at radius 1 is 1.21 bits per heavy atom. The van der Waals surface area contributed by atoms with E-state index < -0.39 is 0 Å². The molecule has 0 spiro atoms. The van der Waals surface area contributed by atoms with Crippen molar-refractivity contribution in [1.29, 1.82) is 0 Å². The first-order valence-electron chi connectivity index (χ1n) is 10.7. The number of hydrogen-bond donors (Lipinski definition) is 1. The second-order valence-electron chi connectivity index (χ2n) is 8.71. The number of hydrogen-bond acceptors (Lipinski definition) is 5. The molecule has 0 radical (unpaired) electrons. The third-order valence-electron chi connectivity index (χ3n) is 6.71. The number of carbonyl (C=O) groups is 1. The molecule has 1 N–H and O–H groups in total. The van der Waals surface area contributed by atoms with Crippen LogP contribution in [-0.2, 0) is 22.5 Å². The van der Waals surface area contributed by atoms with Crippen molar-refractivity contribution >= 4 is 5.91 Å². The molecule has 0 unspecified atom stereocenters. The van der Waals surface area contributed by atoms with Crippen LogP contribution < -0.4 is 5.56 Å². The van der Waals surface area contributed by atoms with Crippen molar-refractivity contribution < 1.29 is 9.53 Å². The van der Waals surface area contributed by atoms with Gasteiger partial charge in [0.2, 0.25) is 5.91 Å². The van der Waals surface area contributed by atoms with Crippen LogP contribution in [0, 0.1) is 5.92 Å². The summed E-state index contributed by atoms with van der Waals surface area (Å²) < 4.78 is 5.50. The third-order valence-corrected chi connectivity index (χ3v) is 6.71. The summed E-state index contributed by atoms with van der Waals surface area (Å²) in [7, 11) is 3.77. The molecular weight excluding hydrogens is 356 g/mol. The average molecular weight is 389 g/mol. The molecular formula is C21H32N4O3. The second kappa shape index (κ2) is 8.33. The molecule has 28 heavy (non-hydrogen) atoms. The van der Waals surface area contributed by atoms with E-state index in [1.54, 1.807) is 7.11 Å². The summed E-state index contributed by atoms with van der Waals surface area (Å²) in [4.78, 5) is 37.7. The summed E-state index contributed by atoms with van der Waals surface area (Å²) in [5.41, 5.74) is 1.73. The van der Waals surface area contributed by atoms with Crippen molar-refractivity contribution in [3.8, 4) is 0 Å². The molecule has 3 atom stereocenters. The molecule has 2 fully saturated rings. The van der Waals surface area contributed by atoms with Crippen molar-refractivity contribution in [2.45, 2.75) is 63.5 Å². The highest BCUT2D eigenvalue weighted by molar-refractivity contribution is 5.79. The van der Waals surface area contributed by atoms with Gasteiger partial charge in [-0.2, -0.15) is 0 Å². The summed E-state index contributed by atoms with van der Waals surface area (Å²) in [6.07, 6.45) is 6.85. The largest absolute Gasteiger partial charge is 0.381 e. The van der Waals surface area contributed by atoms with Gasteiger partial charge in [0.1, 0.15) is 5.82 Å². The van der Waals surface area contributed by atoms with Crippen LogP contribution in [0.1, 0.15) is 61.5 Å². The summed E-state index contributed by atoms with van der Waals surface area (Å²) in [5.74, 6) is 1.22. The molecule has 3 aliphatic rings. The number of aromatic nitrogens is 2. The van der Waals surface area contributed by atoms with Crippen LogP contribution in [0.15, 0.2) is 4.79 Å². The number of aromatic amines is 1. The van der Waals surface area contributed by atoms with Crippen molar-refractivity contribution in [3.63, 3.8) is 0 Å². The Balaban J connectivity index is 1.47. The van der Waals surface area contributed by atoms with Gasteiger partial charge in [-0.05, 0) is 39.2 Å². The molecule has 4 rings (SSSR count). The Kier molecular flexibility index (Phi) is 5.83. The number of rotatable bonds is 3. The summed E-state index contributed by atoms with van der Waals surface area (Å²) >= 11 is 0. The lowest BCUT2D eigenvalue weighted by Crippen LogP contribution is -2.44. The Bertz CT molecular complexity index is 777. The molecule has 7 heteroatoms. The van der Waals surface area contributed by atoms with Crippen LogP contribution in [0.4, 0.5) is 0 Å². The average Bonchev–Trinajstić information content (AvgIpc) is 2.73. The van der Waals surface area contributed by atoms with Gasteiger partial charge in [0.25, 0.3) is 5.56 Å². The molecule has 3 heterocycles. The van der Waals surface area contributed by atoms with Gasteiger partial charge in [0, 0.05) is 51.5 Å². The lowest BCUT2D eigenvalue weighted by atomic mass is 9.85. The molecule has 1 aliphatic carbocycles. The molecule has 0 bridgehead atoms. The Morgan fingerprint density at radius 2 is 2.07 bits per heavy atom. The normalized spacial score (nSPS) is 28.8. The van der Waals surface area contributed by atoms with Crippen molar-refractivity contribution in [1.82, 2.24) is 19.8 Å². The highest BCUT2D eigenvalue weighted by atomic mass is 16.5. The van der Waals surface area contributed by atoms with E-state index in [2.05, 4.69) is 9.88 Å². The van der Waals surface area contributed by atoms with Crippen LogP contribution in [0.2, 0.25) is 0 Å². The smallest absolute Gasteiger partial charge is 0.255 e. The van der Waals surface area contributed by atoms with Crippen molar-refractivity contribution in [2.24, 2.45) is 5.92 Å². The van der Waals surface area contributed by atoms with E-state index in [1.165, 1.54) is 0 Å². The summed E-state index contributed by atoms with van der Waals surface area (Å²) in [6.45, 7) is 3.06. The molecule has 1 amide bonds. The topological polar surface area (TPSA) is 78.5 Å². The maximum Gasteiger partial charge on any atom is 0.255 e. The first-order valence-corrected chi connectivity index (χ1v) is 10.7. The fourth-order valence-electron chi connectivity index (χ4n) is 5.01. The molecule has 0 aromatic carbocycles. The molecule has 1 aromatic heterocycles. The molecule has 1 saturated carbocycles. The minimum Gasteiger partial charge on any atom is -0.381 e. The van der Waals surface area contributed by atoms with Gasteiger partial charge in [-0.15, -0.1) is 0 Å². The molecule has 1 saturated heterocycles. The summed E-state index contributed by atoms with van der Waals surface area (Å²) in [6, 6.07) is 0. The predicted octanol–water partition coefficient (Wildman–Crippen LogP) is 1.67. The van der Waals surface area contributed by atoms with E-state index in [0.29, 0.717) is 13.1 Å². The highest BCUT2D eigenvalue weighted by Gasteiger charge is 2.34. The van der Waals surface area contributed by atoms with Gasteiger partial charge in [-0.1, -0.05) is 6.42 Å². The number of nitrogens with one attached hydrogen (secondary N) is 1. The number of fused-ring (bicyclic) bond motifs is 1. The first-order chi connectivity index (χ1) is 13.5. The van der Waals surface area contributed by atoms with E-state index in [4.69, 9.17) is 9.72 Å². The van der Waals surface area contributed by atoms with Crippen LogP contribution in [0.3, 0.4) is 0 Å². The van der Waals surface area contributed by atoms with Gasteiger partial charge in [-0.3, -0.25) is 9.59 Å². The lowest BCUT2D eigenvalue weighted by molar-refractivity contribution is -0.139. The minimum absolute atomic E-state index is 0.00906. The van der Waals surface area contributed by atoms with Gasteiger partial charge < -0.3 is 19.5 Å². The monoisotopic (exact) mass is 388 g/mol. The zero-order chi connectivity index (χ0) is 19.7. The highest BCUT2D eigenvalue weighted by Crippen LogP contribution is 2.31. The standard InChI is InChI=1S/C21H32N4O3/c1-24-10-8-18-17(13-24)20(26)23-19(22-18)15-6-4-9-25(12-15)21(27)14-5-3-7-16(11-14)28-2/h14-16H,3-13H2,1-2H3,(H,22,23,26)/t14-,15+,16+/m0/s1. The number of nitrogens with zero attached hydrogens (tertiary/aromatic N) is 3. The number of likely N-dealkylation sites (N-methyl/N-ethyl adjacent to an activating group) is 1. The summed E-state index contributed by atoms with van der Waals surface area (Å²) in [5, 5.41) is 0. The molecule has 2 aliphatic heterocycles. The predicted molar refractivity (Wildman–Crippen MR) is 106 cm³/mol. The van der Waals surface area contributed by atoms with Crippen LogP contribution in [-0.4, -0.2) is 65.6 Å². The molecule has 154 valence electrons. The Labute approximate surface area is 166 Å². The van der Waals surface area contributed by atoms with E-state index >= 15 is 0 Å². The number of carbonyl (C=O) groups excluding carboxylic acids is 1. The number of piperidine rings is 1. The number of methoxy groups -OCH3 is 1. The van der Waals surface area contributed by atoms with Gasteiger partial charge in [-0.25, -0.2) is 4.98 Å². The quantitative estimate of drug-likeness (QED) is 0.852. The Hall–Kier alpha value is -1.73. The minimum atomic E-state index is -0.00906. The maximum atomic E-state index is 13.1. The number of ether oxygens (including phenoxy) is 1. The number of amides is 1. The van der Waals surface area contributed by atoms with E-state index in [9.17, 15) is 9.59 Å². The van der Waals surface area contributed by atoms with Gasteiger partial charge in [0.15, 0.2) is 0 Å². The molecule has 7 nitrogen and oxygen atoms in total.